The molecular formula is C15H10Cl7N3O. The van der Waals surface area contributed by atoms with Crippen LogP contribution in [-0.2, 0) is 7.59 Å². The summed E-state index contributed by atoms with van der Waals surface area (Å²) in [6.07, 6.45) is 3.30. The Bertz CT molecular complexity index is 755. The number of halogens is 7. The van der Waals surface area contributed by atoms with Gasteiger partial charge >= 0.3 is 0 Å². The zero-order chi connectivity index (χ0) is 19.4. The van der Waals surface area contributed by atoms with E-state index < -0.39 is 7.59 Å². The molecule has 0 radical (unpaired) electrons. The van der Waals surface area contributed by atoms with E-state index in [2.05, 4.69) is 15.0 Å². The van der Waals surface area contributed by atoms with Crippen molar-refractivity contribution in [3.8, 4) is 5.75 Å². The largest absolute Gasteiger partial charge is 0.492 e. The first-order valence-electron chi connectivity index (χ1n) is 6.97. The predicted molar refractivity (Wildman–Crippen MR) is 110 cm³/mol. The van der Waals surface area contributed by atoms with Crippen molar-refractivity contribution in [1.29, 1.82) is 0 Å². The molecule has 0 N–H and O–H groups in total. The van der Waals surface area contributed by atoms with Gasteiger partial charge < -0.3 is 4.74 Å². The van der Waals surface area contributed by atoms with E-state index in [1.54, 1.807) is 12.2 Å². The molecule has 11 heteroatoms. The van der Waals surface area contributed by atoms with Gasteiger partial charge in [0.1, 0.15) is 12.4 Å². The second kappa shape index (κ2) is 9.33. The molecule has 140 valence electrons. The monoisotopic (exact) mass is 493 g/mol. The first kappa shape index (κ1) is 22.1. The number of hydrogen-bond donors (Lipinski definition) is 0. The molecule has 0 bridgehead atoms. The lowest BCUT2D eigenvalue weighted by molar-refractivity contribution is 0.343. The van der Waals surface area contributed by atoms with Crippen LogP contribution in [0.5, 0.6) is 5.75 Å². The molecular weight excluding hydrogens is 486 g/mol. The standard InChI is InChI=1S/C15H10Cl7N3O/c16-6-7-26-10-3-1-2-9(8-10)4-5-11-23-12(14(17,18)19)25-13(24-11)15(20,21)22/h1-5,8H,6-7H2. The minimum atomic E-state index is -1.90. The third kappa shape index (κ3) is 6.75. The lowest BCUT2D eigenvalue weighted by Gasteiger charge is -2.14. The molecule has 0 aliphatic rings. The van der Waals surface area contributed by atoms with Gasteiger partial charge in [0.2, 0.25) is 7.59 Å². The average Bonchev–Trinajstić information content (AvgIpc) is 2.57. The van der Waals surface area contributed by atoms with Crippen LogP contribution in [0.25, 0.3) is 12.2 Å². The fraction of sp³-hybridized carbons (Fsp3) is 0.267. The summed E-state index contributed by atoms with van der Waals surface area (Å²) < 4.78 is 1.67. The molecule has 0 saturated heterocycles. The topological polar surface area (TPSA) is 47.9 Å². The van der Waals surface area contributed by atoms with E-state index >= 15 is 0 Å². The SMILES string of the molecule is ClCCOc1cccc(C=Cc2nc(C(Cl)(Cl)Cl)nc(C(Cl)(Cl)Cl)n2)c1. The lowest BCUT2D eigenvalue weighted by Crippen LogP contribution is -2.16. The van der Waals surface area contributed by atoms with E-state index in [1.165, 1.54) is 0 Å². The molecule has 0 atom stereocenters. The third-order valence-corrected chi connectivity index (χ3v) is 3.96. The fourth-order valence-corrected chi connectivity index (χ4v) is 2.34. The van der Waals surface area contributed by atoms with Crippen LogP contribution in [0.1, 0.15) is 23.0 Å². The van der Waals surface area contributed by atoms with Crippen LogP contribution >= 0.6 is 81.2 Å². The van der Waals surface area contributed by atoms with Gasteiger partial charge in [-0.25, -0.2) is 15.0 Å². The van der Waals surface area contributed by atoms with Gasteiger partial charge in [0.05, 0.1) is 5.88 Å². The normalized spacial score (nSPS) is 12.6. The van der Waals surface area contributed by atoms with Crippen molar-refractivity contribution in [2.75, 3.05) is 12.5 Å². The molecule has 0 spiro atoms. The van der Waals surface area contributed by atoms with Gasteiger partial charge in [0, 0.05) is 0 Å². The minimum absolute atomic E-state index is 0.155. The molecule has 2 aromatic rings. The van der Waals surface area contributed by atoms with Crippen LogP contribution in [-0.4, -0.2) is 27.4 Å². The Morgan fingerprint density at radius 3 is 2.04 bits per heavy atom. The third-order valence-electron chi connectivity index (χ3n) is 2.79. The molecule has 4 nitrogen and oxygen atoms in total. The summed E-state index contributed by atoms with van der Waals surface area (Å²) in [6.45, 7) is 0.404. The second-order valence-corrected chi connectivity index (χ2v) is 9.72. The fourth-order valence-electron chi connectivity index (χ4n) is 1.76. The number of rotatable bonds is 5. The number of aromatic nitrogens is 3. The summed E-state index contributed by atoms with van der Waals surface area (Å²) in [4.78, 5) is 12.1. The maximum atomic E-state index is 5.84. The molecule has 0 fully saturated rings. The smallest absolute Gasteiger partial charge is 0.250 e. The van der Waals surface area contributed by atoms with Gasteiger partial charge in [-0.05, 0) is 23.8 Å². The molecule has 1 heterocycles. The number of benzene rings is 1. The van der Waals surface area contributed by atoms with Crippen LogP contribution in [0.4, 0.5) is 0 Å². The Balaban J connectivity index is 2.35. The summed E-state index contributed by atoms with van der Waals surface area (Å²) >= 11 is 40.6. The van der Waals surface area contributed by atoms with Crippen molar-refractivity contribution in [1.82, 2.24) is 15.0 Å². The van der Waals surface area contributed by atoms with Crippen molar-refractivity contribution in [3.05, 3.63) is 47.3 Å². The van der Waals surface area contributed by atoms with Gasteiger partial charge in [0.25, 0.3) is 0 Å². The summed E-state index contributed by atoms with van der Waals surface area (Å²) in [7, 11) is 0. The van der Waals surface area contributed by atoms with Gasteiger partial charge in [-0.15, -0.1) is 11.6 Å². The Morgan fingerprint density at radius 1 is 0.885 bits per heavy atom. The summed E-state index contributed by atoms with van der Waals surface area (Å²) in [5, 5.41) is 0. The Labute approximate surface area is 185 Å². The minimum Gasteiger partial charge on any atom is -0.492 e. The van der Waals surface area contributed by atoms with E-state index in [-0.39, 0.29) is 17.5 Å². The quantitative estimate of drug-likeness (QED) is 0.455. The molecule has 0 aliphatic heterocycles. The van der Waals surface area contributed by atoms with Crippen molar-refractivity contribution >= 4 is 93.4 Å². The predicted octanol–water partition coefficient (Wildman–Crippen LogP) is 6.31. The number of ether oxygens (including phenoxy) is 1. The maximum absolute atomic E-state index is 5.84. The molecule has 0 amide bonds. The molecule has 0 unspecified atom stereocenters. The van der Waals surface area contributed by atoms with Gasteiger partial charge in [-0.2, -0.15) is 0 Å². The van der Waals surface area contributed by atoms with Gasteiger partial charge in [-0.1, -0.05) is 87.8 Å². The average molecular weight is 496 g/mol. The van der Waals surface area contributed by atoms with Crippen LogP contribution in [0.2, 0.25) is 0 Å². The highest BCUT2D eigenvalue weighted by Gasteiger charge is 2.33. The van der Waals surface area contributed by atoms with E-state index in [9.17, 15) is 0 Å². The van der Waals surface area contributed by atoms with E-state index in [4.69, 9.17) is 85.9 Å². The highest BCUT2D eigenvalue weighted by atomic mass is 35.6. The van der Waals surface area contributed by atoms with Crippen molar-refractivity contribution < 1.29 is 4.74 Å². The zero-order valence-corrected chi connectivity index (χ0v) is 18.1. The first-order chi connectivity index (χ1) is 12.1. The Kier molecular flexibility index (Phi) is 7.93. The molecule has 1 aromatic carbocycles. The van der Waals surface area contributed by atoms with Crippen LogP contribution in [0.15, 0.2) is 24.3 Å². The number of hydrogen-bond acceptors (Lipinski definition) is 4. The molecule has 0 aliphatic carbocycles. The van der Waals surface area contributed by atoms with Crippen LogP contribution < -0.4 is 4.74 Å². The van der Waals surface area contributed by atoms with Gasteiger partial charge in [0.15, 0.2) is 17.5 Å². The second-order valence-electron chi connectivity index (χ2n) is 4.78. The first-order valence-corrected chi connectivity index (χ1v) is 9.77. The van der Waals surface area contributed by atoms with E-state index in [0.717, 1.165) is 5.56 Å². The van der Waals surface area contributed by atoms with Crippen molar-refractivity contribution in [2.45, 2.75) is 7.59 Å². The number of nitrogens with zero attached hydrogens (tertiary/aromatic N) is 3. The molecule has 2 rings (SSSR count). The number of alkyl halides is 7. The molecule has 0 saturated carbocycles. The summed E-state index contributed by atoms with van der Waals surface area (Å²) in [6, 6.07) is 7.32. The van der Waals surface area contributed by atoms with Crippen molar-refractivity contribution in [2.24, 2.45) is 0 Å². The lowest BCUT2D eigenvalue weighted by atomic mass is 10.2. The Hall–Kier alpha value is -0.200. The van der Waals surface area contributed by atoms with Crippen LogP contribution in [0.3, 0.4) is 0 Å². The Morgan fingerprint density at radius 2 is 1.50 bits per heavy atom. The molecule has 26 heavy (non-hydrogen) atoms. The van der Waals surface area contributed by atoms with E-state index in [0.29, 0.717) is 18.2 Å². The highest BCUT2D eigenvalue weighted by Crippen LogP contribution is 2.40. The highest BCUT2D eigenvalue weighted by molar-refractivity contribution is 6.67. The summed E-state index contributed by atoms with van der Waals surface area (Å²) in [5.41, 5.74) is 0.823. The van der Waals surface area contributed by atoms with Gasteiger partial charge in [-0.3, -0.25) is 0 Å². The zero-order valence-electron chi connectivity index (χ0n) is 12.8. The van der Waals surface area contributed by atoms with Crippen molar-refractivity contribution in [3.63, 3.8) is 0 Å². The molecule has 1 aromatic heterocycles. The van der Waals surface area contributed by atoms with E-state index in [1.807, 2.05) is 24.3 Å². The maximum Gasteiger partial charge on any atom is 0.250 e. The summed E-state index contributed by atoms with van der Waals surface area (Å²) in [5.74, 6) is 0.919. The van der Waals surface area contributed by atoms with Crippen LogP contribution in [0, 0.1) is 0 Å².